The molecule has 2 heterocycles. The van der Waals surface area contributed by atoms with E-state index in [0.717, 1.165) is 22.3 Å². The fourth-order valence-corrected chi connectivity index (χ4v) is 7.43. The van der Waals surface area contributed by atoms with Crippen LogP contribution in [0.2, 0.25) is 0 Å². The number of hydrogen-bond donors (Lipinski definition) is 4. The minimum Gasteiger partial charge on any atom is -0.479 e. The van der Waals surface area contributed by atoms with Crippen molar-refractivity contribution in [2.75, 3.05) is 13.2 Å². The van der Waals surface area contributed by atoms with E-state index in [4.69, 9.17) is 37.9 Å². The largest absolute Gasteiger partial charge is 0.479 e. The first-order chi connectivity index (χ1) is 30.0. The maximum Gasteiger partial charge on any atom is 0.332 e. The number of hydrogen-bond acceptors (Lipinski definition) is 12. The number of amides is 2. The molecule has 2 fully saturated rings. The number of aliphatic hydroxyl groups excluding tert-OH is 1. The molecule has 15 nitrogen and oxygen atoms in total. The molecule has 15 heteroatoms. The van der Waals surface area contributed by atoms with Gasteiger partial charge in [0.25, 0.3) is 0 Å². The van der Waals surface area contributed by atoms with Gasteiger partial charge in [0.2, 0.25) is 11.8 Å². The molecule has 0 spiro atoms. The molecule has 62 heavy (non-hydrogen) atoms. The molecule has 6 rings (SSSR count). The number of aliphatic hydroxyl groups is 1. The predicted molar refractivity (Wildman–Crippen MR) is 224 cm³/mol. The van der Waals surface area contributed by atoms with Crippen molar-refractivity contribution in [3.8, 4) is 0 Å². The van der Waals surface area contributed by atoms with Crippen LogP contribution >= 0.6 is 0 Å². The van der Waals surface area contributed by atoms with Crippen molar-refractivity contribution < 1.29 is 62.5 Å². The van der Waals surface area contributed by atoms with Crippen molar-refractivity contribution in [1.82, 2.24) is 10.6 Å². The monoisotopic (exact) mass is 856 g/mol. The zero-order chi connectivity index (χ0) is 43.8. The van der Waals surface area contributed by atoms with Crippen LogP contribution in [-0.2, 0) is 78.7 Å². The maximum atomic E-state index is 13.1. The normalized spacial score (nSPS) is 26.6. The van der Waals surface area contributed by atoms with Crippen molar-refractivity contribution in [1.29, 1.82) is 0 Å². The van der Waals surface area contributed by atoms with E-state index in [-0.39, 0.29) is 39.6 Å². The number of carboxylic acids is 1. The number of aliphatic carboxylic acids is 1. The van der Waals surface area contributed by atoms with Crippen molar-refractivity contribution >= 4 is 17.8 Å². The van der Waals surface area contributed by atoms with Crippen LogP contribution < -0.4 is 10.6 Å². The number of carbonyl (C=O) groups excluding carboxylic acids is 2. The molecule has 2 saturated heterocycles. The van der Waals surface area contributed by atoms with Gasteiger partial charge in [-0.15, -0.1) is 0 Å². The molecule has 0 radical (unpaired) electrons. The fourth-order valence-electron chi connectivity index (χ4n) is 7.43. The van der Waals surface area contributed by atoms with Gasteiger partial charge >= 0.3 is 5.97 Å². The second kappa shape index (κ2) is 23.4. The molecule has 4 aromatic rings. The molecule has 332 valence electrons. The first kappa shape index (κ1) is 46.4. The van der Waals surface area contributed by atoms with E-state index in [0.29, 0.717) is 0 Å². The maximum absolute atomic E-state index is 13.1. The minimum atomic E-state index is -1.66. The average Bonchev–Trinajstić information content (AvgIpc) is 3.26. The number of rotatable bonds is 21. The fraction of sp³-hybridized carbons (Fsp3) is 0.426. The highest BCUT2D eigenvalue weighted by Gasteiger charge is 2.54. The van der Waals surface area contributed by atoms with Gasteiger partial charge in [-0.1, -0.05) is 121 Å². The predicted octanol–water partition coefficient (Wildman–Crippen LogP) is 4.29. The van der Waals surface area contributed by atoms with Gasteiger partial charge in [-0.25, -0.2) is 4.79 Å². The van der Waals surface area contributed by atoms with Crippen LogP contribution in [0.5, 0.6) is 0 Å². The Hall–Kier alpha value is -5.07. The molecule has 4 aromatic carbocycles. The zero-order valence-corrected chi connectivity index (χ0v) is 35.0. The van der Waals surface area contributed by atoms with Crippen LogP contribution in [0.25, 0.3) is 0 Å². The molecule has 0 aliphatic carbocycles. The van der Waals surface area contributed by atoms with Gasteiger partial charge in [-0.2, -0.15) is 0 Å². The molecular weight excluding hydrogens is 801 g/mol. The molecule has 0 aromatic heterocycles. The van der Waals surface area contributed by atoms with E-state index in [2.05, 4.69) is 10.6 Å². The molecule has 2 aliphatic heterocycles. The Morgan fingerprint density at radius 2 is 1.00 bits per heavy atom. The highest BCUT2D eigenvalue weighted by molar-refractivity contribution is 5.74. The van der Waals surface area contributed by atoms with Gasteiger partial charge < -0.3 is 58.7 Å². The smallest absolute Gasteiger partial charge is 0.332 e. The van der Waals surface area contributed by atoms with Crippen molar-refractivity contribution in [2.24, 2.45) is 0 Å². The topological polar surface area (TPSA) is 190 Å². The van der Waals surface area contributed by atoms with E-state index >= 15 is 0 Å². The summed E-state index contributed by atoms with van der Waals surface area (Å²) in [5.74, 6) is -2.26. The lowest BCUT2D eigenvalue weighted by molar-refractivity contribution is -0.341. The molecular formula is C47H56N2O13. The second-order valence-corrected chi connectivity index (χ2v) is 15.3. The quantitative estimate of drug-likeness (QED) is 0.0931. The first-order valence-corrected chi connectivity index (χ1v) is 20.7. The minimum absolute atomic E-state index is 0.000188. The summed E-state index contributed by atoms with van der Waals surface area (Å²) in [6.07, 6.45) is -10.8. The Bertz CT molecular complexity index is 1960. The van der Waals surface area contributed by atoms with Crippen LogP contribution in [0.1, 0.15) is 43.0 Å². The standard InChI is InChI=1S/C47H56N2O13/c1-30(45(52)53)59-44-39(48-31(2)50)46(54)60-38(29-56-25-34-18-10-5-11-19-34)42(44)62-47-40(49-32(3)51)43(58-27-36-22-14-7-15-23-36)41(57-26-35-20-12-6-13-21-35)37(61-47)28-55-24-33-16-8-4-9-17-33/h4-23,30,37-44,46-47,54H,24-29H2,1-3H3,(H,48,50)(H,49,51)(H,52,53)/t30?,37-,38-,39-,40-,41-,42-,43-,44-,46+,47+/m1/s1. The van der Waals surface area contributed by atoms with Crippen molar-refractivity contribution in [3.63, 3.8) is 0 Å². The van der Waals surface area contributed by atoms with Crippen LogP contribution in [-0.4, -0.2) is 109 Å². The molecule has 2 amide bonds. The van der Waals surface area contributed by atoms with E-state index in [1.807, 2.05) is 121 Å². The van der Waals surface area contributed by atoms with Crippen LogP contribution in [0, 0.1) is 0 Å². The lowest BCUT2D eigenvalue weighted by Gasteiger charge is -2.50. The summed E-state index contributed by atoms with van der Waals surface area (Å²) in [5, 5.41) is 27.0. The molecule has 0 bridgehead atoms. The van der Waals surface area contributed by atoms with E-state index in [1.165, 1.54) is 20.8 Å². The van der Waals surface area contributed by atoms with Gasteiger partial charge in [0.15, 0.2) is 18.7 Å². The summed E-state index contributed by atoms with van der Waals surface area (Å²) in [6.45, 7) is 4.47. The molecule has 11 atom stereocenters. The van der Waals surface area contributed by atoms with Gasteiger partial charge in [0.05, 0.1) is 39.6 Å². The first-order valence-electron chi connectivity index (χ1n) is 20.7. The summed E-state index contributed by atoms with van der Waals surface area (Å²) >= 11 is 0. The summed E-state index contributed by atoms with van der Waals surface area (Å²) in [6, 6.07) is 35.8. The molecule has 2 aliphatic rings. The second-order valence-electron chi connectivity index (χ2n) is 15.3. The van der Waals surface area contributed by atoms with E-state index < -0.39 is 85.2 Å². The zero-order valence-electron chi connectivity index (χ0n) is 35.0. The summed E-state index contributed by atoms with van der Waals surface area (Å²) in [5.41, 5.74) is 3.54. The van der Waals surface area contributed by atoms with Gasteiger partial charge in [0.1, 0.15) is 48.7 Å². The summed E-state index contributed by atoms with van der Waals surface area (Å²) < 4.78 is 51.7. The molecule has 1 unspecified atom stereocenters. The third-order valence-corrected chi connectivity index (χ3v) is 10.4. The lowest BCUT2D eigenvalue weighted by atomic mass is 9.93. The van der Waals surface area contributed by atoms with E-state index in [1.54, 1.807) is 0 Å². The molecule has 4 N–H and O–H groups in total. The SMILES string of the molecule is CC(=O)N[C@@H]1[C@@H](OC(C)C(=O)O)[C@H](O[C@@H]2O[C@H](COCc3ccccc3)[C@@H](OCc3ccccc3)[C@H](OCc3ccccc3)[C@H]2NC(C)=O)[C@@H](COCc2ccccc2)O[C@@H]1O. The number of ether oxygens (including phenoxy) is 8. The Labute approximate surface area is 361 Å². The lowest BCUT2D eigenvalue weighted by Crippen LogP contribution is -2.70. The Kier molecular flexibility index (Phi) is 17.5. The highest BCUT2D eigenvalue weighted by atomic mass is 16.7. The van der Waals surface area contributed by atoms with Crippen LogP contribution in [0.4, 0.5) is 0 Å². The number of carboxylic acid groups (broad SMARTS) is 1. The Morgan fingerprint density at radius 1 is 0.581 bits per heavy atom. The van der Waals surface area contributed by atoms with Gasteiger partial charge in [-0.3, -0.25) is 9.59 Å². The summed E-state index contributed by atoms with van der Waals surface area (Å²) in [7, 11) is 0. The Morgan fingerprint density at radius 3 is 1.45 bits per heavy atom. The van der Waals surface area contributed by atoms with Crippen molar-refractivity contribution in [2.45, 2.75) is 115 Å². The third kappa shape index (κ3) is 13.5. The van der Waals surface area contributed by atoms with Gasteiger partial charge in [0, 0.05) is 13.8 Å². The highest BCUT2D eigenvalue weighted by Crippen LogP contribution is 2.34. The number of nitrogens with one attached hydrogen (secondary N) is 2. The third-order valence-electron chi connectivity index (χ3n) is 10.4. The number of carbonyl (C=O) groups is 3. The van der Waals surface area contributed by atoms with Crippen LogP contribution in [0.3, 0.4) is 0 Å². The molecule has 0 saturated carbocycles. The van der Waals surface area contributed by atoms with E-state index in [9.17, 15) is 24.6 Å². The average molecular weight is 857 g/mol. The van der Waals surface area contributed by atoms with Crippen LogP contribution in [0.15, 0.2) is 121 Å². The summed E-state index contributed by atoms with van der Waals surface area (Å²) in [4.78, 5) is 38.0. The van der Waals surface area contributed by atoms with Gasteiger partial charge in [-0.05, 0) is 29.2 Å². The number of benzene rings is 4. The Balaban J connectivity index is 1.39. The van der Waals surface area contributed by atoms with Crippen molar-refractivity contribution in [3.05, 3.63) is 144 Å².